The van der Waals surface area contributed by atoms with E-state index in [2.05, 4.69) is 0 Å². The minimum absolute atomic E-state index is 0.275. The molecule has 0 heterocycles. The fourth-order valence-corrected chi connectivity index (χ4v) is 6.24. The molecule has 178 valence electrons. The summed E-state index contributed by atoms with van der Waals surface area (Å²) in [5.41, 5.74) is 7.83. The highest BCUT2D eigenvalue weighted by Crippen LogP contribution is 2.74. The van der Waals surface area contributed by atoms with Gasteiger partial charge in [-0.3, -0.25) is 4.79 Å². The first-order valence-electron chi connectivity index (χ1n) is 11.0. The van der Waals surface area contributed by atoms with Gasteiger partial charge in [0.2, 0.25) is 5.91 Å². The highest BCUT2D eigenvalue weighted by atomic mass is 32.1. The topological polar surface area (TPSA) is 128 Å². The molecule has 6 fully saturated rings. The first kappa shape index (κ1) is 23.1. The number of hydrazine groups is 1. The SMILES string of the molecule is CC(C)(C)OC(=O)N(N(C(=O)OC(C)(C)C)C12CC(C(N)=S)(C1)C2)C12CC(C(N)=O)(C1)C2. The zero-order chi connectivity index (χ0) is 24.1. The van der Waals surface area contributed by atoms with Gasteiger partial charge in [0.15, 0.2) is 0 Å². The summed E-state index contributed by atoms with van der Waals surface area (Å²) in [5.74, 6) is -0.370. The molecular weight excluding hydrogens is 432 g/mol. The average Bonchev–Trinajstić information content (AvgIpc) is 2.38. The van der Waals surface area contributed by atoms with Crippen LogP contribution >= 0.6 is 12.2 Å². The van der Waals surface area contributed by atoms with E-state index < -0.39 is 39.9 Å². The number of hydrogen-bond donors (Lipinski definition) is 2. The highest BCUT2D eigenvalue weighted by Gasteiger charge is 2.80. The van der Waals surface area contributed by atoms with Gasteiger partial charge in [-0.25, -0.2) is 19.6 Å². The van der Waals surface area contributed by atoms with E-state index in [9.17, 15) is 14.4 Å². The molecule has 0 aromatic carbocycles. The summed E-state index contributed by atoms with van der Waals surface area (Å²) in [7, 11) is 0. The molecule has 6 saturated carbocycles. The summed E-state index contributed by atoms with van der Waals surface area (Å²) in [6, 6.07) is 0. The smallest absolute Gasteiger partial charge is 0.430 e. The average molecular weight is 467 g/mol. The second kappa shape index (κ2) is 6.27. The molecule has 0 aromatic heterocycles. The van der Waals surface area contributed by atoms with E-state index in [1.54, 1.807) is 41.5 Å². The van der Waals surface area contributed by atoms with E-state index in [0.717, 1.165) is 0 Å². The van der Waals surface area contributed by atoms with Gasteiger partial charge < -0.3 is 20.9 Å². The van der Waals surface area contributed by atoms with Gasteiger partial charge in [-0.05, 0) is 80.1 Å². The van der Waals surface area contributed by atoms with E-state index in [0.29, 0.717) is 43.5 Å². The van der Waals surface area contributed by atoms with Crippen molar-refractivity contribution in [1.82, 2.24) is 10.0 Å². The Morgan fingerprint density at radius 2 is 1.03 bits per heavy atom. The van der Waals surface area contributed by atoms with Crippen LogP contribution in [0, 0.1) is 10.8 Å². The van der Waals surface area contributed by atoms with Gasteiger partial charge in [0.25, 0.3) is 0 Å². The number of ether oxygens (including phenoxy) is 2. The maximum absolute atomic E-state index is 13.5. The number of amides is 3. The molecule has 0 atom stereocenters. The molecule has 0 radical (unpaired) electrons. The molecule has 6 rings (SSSR count). The Bertz CT molecular complexity index is 805. The third-order valence-electron chi connectivity index (χ3n) is 7.28. The number of thiocarbonyl (C=S) groups is 1. The van der Waals surface area contributed by atoms with Crippen LogP contribution in [-0.4, -0.2) is 55.4 Å². The lowest BCUT2D eigenvalue weighted by atomic mass is 9.37. The Kier molecular flexibility index (Phi) is 4.52. The van der Waals surface area contributed by atoms with Crippen LogP contribution in [-0.2, 0) is 14.3 Å². The van der Waals surface area contributed by atoms with E-state index in [1.165, 1.54) is 10.0 Å². The molecule has 32 heavy (non-hydrogen) atoms. The van der Waals surface area contributed by atoms with Crippen molar-refractivity contribution < 1.29 is 23.9 Å². The lowest BCUT2D eigenvalue weighted by Gasteiger charge is -2.78. The van der Waals surface area contributed by atoms with Crippen molar-refractivity contribution in [1.29, 1.82) is 0 Å². The monoisotopic (exact) mass is 466 g/mol. The summed E-state index contributed by atoms with van der Waals surface area (Å²) in [5, 5.41) is 2.88. The number of carbonyl (C=O) groups is 3. The number of carbonyl (C=O) groups excluding carboxylic acids is 3. The van der Waals surface area contributed by atoms with Crippen molar-refractivity contribution >= 4 is 35.3 Å². The molecule has 0 unspecified atom stereocenters. The first-order chi connectivity index (χ1) is 14.4. The van der Waals surface area contributed by atoms with Gasteiger partial charge in [0.05, 0.1) is 21.5 Å². The molecule has 3 amide bonds. The lowest BCUT2D eigenvalue weighted by Crippen LogP contribution is -2.87. The molecule has 6 aliphatic carbocycles. The molecule has 9 nitrogen and oxygen atoms in total. The third kappa shape index (κ3) is 3.16. The lowest BCUT2D eigenvalue weighted by molar-refractivity contribution is -0.306. The van der Waals surface area contributed by atoms with Crippen molar-refractivity contribution in [2.45, 2.75) is 102 Å². The van der Waals surface area contributed by atoms with E-state index in [-0.39, 0.29) is 11.3 Å². The summed E-state index contributed by atoms with van der Waals surface area (Å²) in [6.07, 6.45) is 1.70. The van der Waals surface area contributed by atoms with E-state index in [4.69, 9.17) is 33.2 Å². The fourth-order valence-electron chi connectivity index (χ4n) is 6.03. The van der Waals surface area contributed by atoms with Gasteiger partial charge >= 0.3 is 12.2 Å². The predicted molar refractivity (Wildman–Crippen MR) is 120 cm³/mol. The molecular formula is C22H34N4O5S. The second-order valence-corrected chi connectivity index (χ2v) is 12.8. The molecule has 6 aliphatic rings. The molecule has 0 saturated heterocycles. The zero-order valence-corrected chi connectivity index (χ0v) is 20.6. The van der Waals surface area contributed by atoms with Crippen molar-refractivity contribution in [2.75, 3.05) is 0 Å². The van der Waals surface area contributed by atoms with E-state index in [1.807, 2.05) is 0 Å². The van der Waals surface area contributed by atoms with Gasteiger partial charge in [0, 0.05) is 5.41 Å². The number of nitrogens with zero attached hydrogens (tertiary/aromatic N) is 2. The molecule has 4 N–H and O–H groups in total. The van der Waals surface area contributed by atoms with E-state index >= 15 is 0 Å². The number of nitrogens with two attached hydrogens (primary N) is 2. The Hall–Kier alpha value is -2.10. The summed E-state index contributed by atoms with van der Waals surface area (Å²) >= 11 is 5.24. The van der Waals surface area contributed by atoms with Gasteiger partial charge in [-0.15, -0.1) is 0 Å². The molecule has 10 heteroatoms. The Balaban J connectivity index is 1.69. The minimum atomic E-state index is -0.765. The van der Waals surface area contributed by atoms with Crippen LogP contribution in [0.2, 0.25) is 0 Å². The Morgan fingerprint density at radius 1 is 0.719 bits per heavy atom. The Labute approximate surface area is 194 Å². The van der Waals surface area contributed by atoms with Crippen LogP contribution < -0.4 is 11.5 Å². The van der Waals surface area contributed by atoms with Crippen molar-refractivity contribution in [3.05, 3.63) is 0 Å². The number of hydrogen-bond acceptors (Lipinski definition) is 6. The predicted octanol–water partition coefficient (Wildman–Crippen LogP) is 2.99. The summed E-state index contributed by atoms with van der Waals surface area (Å²) in [4.78, 5) is 39.4. The summed E-state index contributed by atoms with van der Waals surface area (Å²) in [6.45, 7) is 10.7. The van der Waals surface area contributed by atoms with Crippen LogP contribution in [0.25, 0.3) is 0 Å². The van der Waals surface area contributed by atoms with Gasteiger partial charge in [-0.1, -0.05) is 12.2 Å². The molecule has 0 spiro atoms. The van der Waals surface area contributed by atoms with Crippen LogP contribution in [0.4, 0.5) is 9.59 Å². The molecule has 0 aromatic rings. The molecule has 4 bridgehead atoms. The minimum Gasteiger partial charge on any atom is -0.442 e. The highest BCUT2D eigenvalue weighted by molar-refractivity contribution is 7.80. The molecule has 0 aliphatic heterocycles. The standard InChI is InChI=1S/C22H34N4O5S/c1-17(2,3)30-15(28)25(21-7-19(8-21,9-21)13(23)27)26(16(29)31-18(4,5)6)22-10-20(11-22,12-22)14(24)32/h7-12H2,1-6H3,(H2,23,27)(H2,24,32). The fraction of sp³-hybridized carbons (Fsp3) is 0.818. The van der Waals surface area contributed by atoms with Crippen LogP contribution in [0.5, 0.6) is 0 Å². The third-order valence-corrected chi connectivity index (χ3v) is 7.71. The second-order valence-electron chi connectivity index (χ2n) is 12.4. The first-order valence-corrected chi connectivity index (χ1v) is 11.5. The van der Waals surface area contributed by atoms with Crippen LogP contribution in [0.1, 0.15) is 80.1 Å². The van der Waals surface area contributed by atoms with Crippen LogP contribution in [0.3, 0.4) is 0 Å². The van der Waals surface area contributed by atoms with Gasteiger partial charge in [-0.2, -0.15) is 0 Å². The van der Waals surface area contributed by atoms with Crippen LogP contribution in [0.15, 0.2) is 0 Å². The zero-order valence-electron chi connectivity index (χ0n) is 19.7. The normalized spacial score (nSPS) is 36.3. The van der Waals surface area contributed by atoms with Gasteiger partial charge in [0.1, 0.15) is 11.2 Å². The number of primary amides is 1. The van der Waals surface area contributed by atoms with Crippen molar-refractivity contribution in [3.8, 4) is 0 Å². The summed E-state index contributed by atoms with van der Waals surface area (Å²) < 4.78 is 11.5. The maximum atomic E-state index is 13.5. The maximum Gasteiger partial charge on any atom is 0.430 e. The number of rotatable bonds is 4. The van der Waals surface area contributed by atoms with Crippen molar-refractivity contribution in [3.63, 3.8) is 0 Å². The Morgan fingerprint density at radius 3 is 1.28 bits per heavy atom. The quantitative estimate of drug-likeness (QED) is 0.481. The largest absolute Gasteiger partial charge is 0.442 e. The van der Waals surface area contributed by atoms with Crippen molar-refractivity contribution in [2.24, 2.45) is 22.3 Å².